The van der Waals surface area contributed by atoms with Gasteiger partial charge in [0.25, 0.3) is 5.91 Å². The number of halogens is 1. The van der Waals surface area contributed by atoms with Gasteiger partial charge in [0.2, 0.25) is 11.8 Å². The number of nitriles is 1. The first-order valence-electron chi connectivity index (χ1n) is 13.1. The lowest BCUT2D eigenvalue weighted by atomic mass is 9.98. The molecule has 2 saturated heterocycles. The van der Waals surface area contributed by atoms with Crippen molar-refractivity contribution in [2.45, 2.75) is 44.3 Å². The van der Waals surface area contributed by atoms with Gasteiger partial charge < -0.3 is 4.90 Å². The molecule has 3 amide bonds. The van der Waals surface area contributed by atoms with Crippen molar-refractivity contribution >= 4 is 35.0 Å². The molecule has 5 rings (SSSR count). The molecular weight excluding hydrogens is 512 g/mol. The highest BCUT2D eigenvalue weighted by atomic mass is 35.5. The molecule has 0 aromatic heterocycles. The molecule has 2 fully saturated rings. The predicted octanol–water partition coefficient (Wildman–Crippen LogP) is 4.58. The third-order valence-electron chi connectivity index (χ3n) is 7.47. The fourth-order valence-corrected chi connectivity index (χ4v) is 5.61. The van der Waals surface area contributed by atoms with E-state index in [1.54, 1.807) is 41.3 Å². The molecule has 0 N–H and O–H groups in total. The Morgan fingerprint density at radius 2 is 1.59 bits per heavy atom. The number of anilines is 1. The average Bonchev–Trinajstić information content (AvgIpc) is 3.24. The van der Waals surface area contributed by atoms with Crippen molar-refractivity contribution in [3.05, 3.63) is 101 Å². The maximum absolute atomic E-state index is 13.8. The number of hydrogen-bond acceptors (Lipinski definition) is 5. The molecule has 3 aromatic rings. The maximum atomic E-state index is 13.8. The normalized spacial score (nSPS) is 18.3. The fraction of sp³-hybridized carbons (Fsp3) is 0.290. The molecule has 0 saturated carbocycles. The summed E-state index contributed by atoms with van der Waals surface area (Å²) in [4.78, 5) is 45.8. The van der Waals surface area contributed by atoms with Gasteiger partial charge >= 0.3 is 0 Å². The van der Waals surface area contributed by atoms with Crippen molar-refractivity contribution in [2.75, 3.05) is 18.0 Å². The van der Waals surface area contributed by atoms with Crippen LogP contribution in [0, 0.1) is 11.3 Å². The van der Waals surface area contributed by atoms with Crippen LogP contribution in [-0.4, -0.2) is 52.7 Å². The molecule has 39 heavy (non-hydrogen) atoms. The second-order valence-corrected chi connectivity index (χ2v) is 10.5. The zero-order valence-electron chi connectivity index (χ0n) is 21.5. The van der Waals surface area contributed by atoms with Crippen LogP contribution in [0.15, 0.2) is 78.9 Å². The highest BCUT2D eigenvalue weighted by Crippen LogP contribution is 2.30. The summed E-state index contributed by atoms with van der Waals surface area (Å²) in [6.07, 6.45) is 1.49. The van der Waals surface area contributed by atoms with E-state index in [2.05, 4.69) is 17.0 Å². The van der Waals surface area contributed by atoms with E-state index in [-0.39, 0.29) is 30.7 Å². The lowest BCUT2D eigenvalue weighted by Crippen LogP contribution is -2.54. The minimum absolute atomic E-state index is 0.0601. The summed E-state index contributed by atoms with van der Waals surface area (Å²) in [7, 11) is 0. The van der Waals surface area contributed by atoms with Crippen LogP contribution in [-0.2, 0) is 27.3 Å². The summed E-state index contributed by atoms with van der Waals surface area (Å²) in [5, 5.41) is 9.69. The lowest BCUT2D eigenvalue weighted by Gasteiger charge is -2.40. The van der Waals surface area contributed by atoms with Crippen molar-refractivity contribution in [3.8, 4) is 6.07 Å². The molecule has 198 valence electrons. The van der Waals surface area contributed by atoms with E-state index in [0.717, 1.165) is 30.1 Å². The number of carbonyl (C=O) groups is 3. The Labute approximate surface area is 233 Å². The van der Waals surface area contributed by atoms with Crippen LogP contribution in [0.3, 0.4) is 0 Å². The van der Waals surface area contributed by atoms with Crippen LogP contribution in [0.25, 0.3) is 0 Å². The standard InChI is InChI=1S/C31H29ClN4O3/c32-25-10-6-22(7-11-25)18-29(37)35(27-14-16-34(17-15-27)21-24-4-2-1-3-5-24)28-19-30(38)36(31(28)39)26-12-8-23(20-33)9-13-26/h1-13,27-28H,14-19,21H2. The minimum atomic E-state index is -0.862. The van der Waals surface area contributed by atoms with Gasteiger partial charge in [-0.15, -0.1) is 0 Å². The Kier molecular flexibility index (Phi) is 8.06. The zero-order chi connectivity index (χ0) is 27.4. The molecule has 2 aliphatic rings. The van der Waals surface area contributed by atoms with E-state index in [9.17, 15) is 14.4 Å². The number of likely N-dealkylation sites (tertiary alicyclic amines) is 1. The summed E-state index contributed by atoms with van der Waals surface area (Å²) in [5.41, 5.74) is 2.89. The van der Waals surface area contributed by atoms with Gasteiger partial charge in [-0.3, -0.25) is 19.3 Å². The fourth-order valence-electron chi connectivity index (χ4n) is 5.49. The lowest BCUT2D eigenvalue weighted by molar-refractivity contribution is -0.141. The van der Waals surface area contributed by atoms with Crippen LogP contribution in [0.2, 0.25) is 5.02 Å². The van der Waals surface area contributed by atoms with Crippen LogP contribution in [0.1, 0.15) is 36.0 Å². The van der Waals surface area contributed by atoms with Gasteiger partial charge in [-0.2, -0.15) is 5.26 Å². The number of carbonyl (C=O) groups excluding carboxylic acids is 3. The van der Waals surface area contributed by atoms with Gasteiger partial charge in [-0.25, -0.2) is 4.90 Å². The number of piperidine rings is 1. The predicted molar refractivity (Wildman–Crippen MR) is 149 cm³/mol. The first kappa shape index (κ1) is 26.6. The summed E-state index contributed by atoms with van der Waals surface area (Å²) >= 11 is 6.03. The summed E-state index contributed by atoms with van der Waals surface area (Å²) in [5.74, 6) is -0.923. The zero-order valence-corrected chi connectivity index (χ0v) is 22.3. The molecular formula is C31H29ClN4O3. The number of amides is 3. The van der Waals surface area contributed by atoms with E-state index < -0.39 is 11.9 Å². The Morgan fingerprint density at radius 1 is 0.923 bits per heavy atom. The van der Waals surface area contributed by atoms with Gasteiger partial charge in [0.05, 0.1) is 30.2 Å². The van der Waals surface area contributed by atoms with Crippen molar-refractivity contribution in [3.63, 3.8) is 0 Å². The highest BCUT2D eigenvalue weighted by molar-refractivity contribution is 6.30. The SMILES string of the molecule is N#Cc1ccc(N2C(=O)CC(N(C(=O)Cc3ccc(Cl)cc3)C3CCN(Cc4ccccc4)CC3)C2=O)cc1. The average molecular weight is 541 g/mol. The molecule has 8 heteroatoms. The molecule has 7 nitrogen and oxygen atoms in total. The number of benzene rings is 3. The molecule has 0 bridgehead atoms. The molecule has 0 spiro atoms. The van der Waals surface area contributed by atoms with Crippen molar-refractivity contribution in [1.29, 1.82) is 5.26 Å². The first-order valence-corrected chi connectivity index (χ1v) is 13.5. The van der Waals surface area contributed by atoms with Crippen LogP contribution in [0.5, 0.6) is 0 Å². The third-order valence-corrected chi connectivity index (χ3v) is 7.72. The van der Waals surface area contributed by atoms with E-state index in [4.69, 9.17) is 16.9 Å². The maximum Gasteiger partial charge on any atom is 0.257 e. The second kappa shape index (κ2) is 11.8. The second-order valence-electron chi connectivity index (χ2n) is 10.0. The van der Waals surface area contributed by atoms with Crippen molar-refractivity contribution in [1.82, 2.24) is 9.80 Å². The summed E-state index contributed by atoms with van der Waals surface area (Å²) in [6, 6.07) is 24.8. The van der Waals surface area contributed by atoms with Gasteiger partial charge in [-0.1, -0.05) is 54.1 Å². The Morgan fingerprint density at radius 3 is 2.23 bits per heavy atom. The Bertz CT molecular complexity index is 1380. The topological polar surface area (TPSA) is 84.7 Å². The number of imide groups is 1. The molecule has 1 atom stereocenters. The molecule has 2 heterocycles. The smallest absolute Gasteiger partial charge is 0.257 e. The number of rotatable bonds is 7. The molecule has 0 radical (unpaired) electrons. The molecule has 1 unspecified atom stereocenters. The van der Waals surface area contributed by atoms with E-state index in [1.807, 2.05) is 36.4 Å². The van der Waals surface area contributed by atoms with Crippen molar-refractivity contribution in [2.24, 2.45) is 0 Å². The molecule has 2 aliphatic heterocycles. The van der Waals surface area contributed by atoms with Crippen LogP contribution >= 0.6 is 11.6 Å². The quantitative estimate of drug-likeness (QED) is 0.410. The monoisotopic (exact) mass is 540 g/mol. The van der Waals surface area contributed by atoms with E-state index in [0.29, 0.717) is 29.1 Å². The van der Waals surface area contributed by atoms with Gasteiger partial charge in [0.15, 0.2) is 0 Å². The van der Waals surface area contributed by atoms with Gasteiger partial charge in [-0.05, 0) is 60.4 Å². The molecule has 0 aliphatic carbocycles. The van der Waals surface area contributed by atoms with Crippen LogP contribution in [0.4, 0.5) is 5.69 Å². The molecule has 3 aromatic carbocycles. The Balaban J connectivity index is 1.36. The number of hydrogen-bond donors (Lipinski definition) is 0. The largest absolute Gasteiger partial charge is 0.327 e. The van der Waals surface area contributed by atoms with Gasteiger partial charge in [0, 0.05) is 30.7 Å². The summed E-state index contributed by atoms with van der Waals surface area (Å²) < 4.78 is 0. The van der Waals surface area contributed by atoms with Crippen LogP contribution < -0.4 is 4.90 Å². The summed E-state index contributed by atoms with van der Waals surface area (Å²) in [6.45, 7) is 2.41. The van der Waals surface area contributed by atoms with E-state index >= 15 is 0 Å². The minimum Gasteiger partial charge on any atom is -0.327 e. The number of nitrogens with zero attached hydrogens (tertiary/aromatic N) is 4. The van der Waals surface area contributed by atoms with Gasteiger partial charge in [0.1, 0.15) is 6.04 Å². The van der Waals surface area contributed by atoms with E-state index in [1.165, 1.54) is 5.56 Å². The van der Waals surface area contributed by atoms with Crippen molar-refractivity contribution < 1.29 is 14.4 Å². The first-order chi connectivity index (χ1) is 18.9. The Hall–Kier alpha value is -3.99. The highest BCUT2D eigenvalue weighted by Gasteiger charge is 2.46. The third kappa shape index (κ3) is 6.03.